The van der Waals surface area contributed by atoms with Crippen LogP contribution in [0.5, 0.6) is 5.75 Å². The van der Waals surface area contributed by atoms with E-state index in [-0.39, 0.29) is 5.78 Å². The maximum atomic E-state index is 12.7. The largest absolute Gasteiger partial charge is 0.493 e. The van der Waals surface area contributed by atoms with Crippen molar-refractivity contribution in [2.75, 3.05) is 45.9 Å². The molecule has 1 aliphatic heterocycles. The van der Waals surface area contributed by atoms with Gasteiger partial charge >= 0.3 is 0 Å². The number of piperazine rings is 1. The summed E-state index contributed by atoms with van der Waals surface area (Å²) in [5.74, 6) is 1.12. The third kappa shape index (κ3) is 4.79. The minimum absolute atomic E-state index is 0.220. The lowest BCUT2D eigenvalue weighted by atomic mass is 10.0. The molecule has 1 heterocycles. The molecule has 4 heteroatoms. The van der Waals surface area contributed by atoms with Gasteiger partial charge in [-0.15, -0.1) is 0 Å². The number of rotatable bonds is 7. The van der Waals surface area contributed by atoms with Crippen molar-refractivity contribution in [3.8, 4) is 5.75 Å². The number of ketones is 1. The van der Waals surface area contributed by atoms with Crippen molar-refractivity contribution in [1.82, 2.24) is 9.80 Å². The Bertz CT molecular complexity index is 534. The van der Waals surface area contributed by atoms with Gasteiger partial charge in [-0.1, -0.05) is 13.8 Å². The molecule has 0 atom stereocenters. The number of likely N-dealkylation sites (N-methyl/N-ethyl adjacent to an activating group) is 1. The Labute approximate surface area is 140 Å². The number of Topliss-reactive ketones (excluding diaryl/α,β-unsaturated/α-hetero) is 1. The standard InChI is InChI=1S/C19H30N2O2/c1-5-11-23-19-13-15(3)17(12-16(19)4)18(22)14-21-9-7-20(6-2)8-10-21/h12-13H,5-11,14H2,1-4H3. The van der Waals surface area contributed by atoms with Crippen LogP contribution in [0.15, 0.2) is 12.1 Å². The van der Waals surface area contributed by atoms with E-state index in [0.29, 0.717) is 6.54 Å². The van der Waals surface area contributed by atoms with E-state index in [1.54, 1.807) is 0 Å². The first kappa shape index (κ1) is 18.0. The molecule has 0 aliphatic carbocycles. The summed E-state index contributed by atoms with van der Waals surface area (Å²) in [4.78, 5) is 17.4. The second-order valence-electron chi connectivity index (χ2n) is 6.41. The lowest BCUT2D eigenvalue weighted by molar-refractivity contribution is 0.0858. The lowest BCUT2D eigenvalue weighted by Gasteiger charge is -2.33. The molecule has 1 aromatic carbocycles. The number of benzene rings is 1. The molecule has 0 radical (unpaired) electrons. The van der Waals surface area contributed by atoms with Gasteiger partial charge in [0.15, 0.2) is 5.78 Å². The molecule has 0 spiro atoms. The first-order chi connectivity index (χ1) is 11.0. The number of hydrogen-bond acceptors (Lipinski definition) is 4. The Balaban J connectivity index is 2.00. The molecule has 0 N–H and O–H groups in total. The van der Waals surface area contributed by atoms with Gasteiger partial charge in [-0.25, -0.2) is 0 Å². The Kier molecular flexibility index (Phi) is 6.60. The molecule has 1 fully saturated rings. The maximum absolute atomic E-state index is 12.7. The van der Waals surface area contributed by atoms with E-state index in [1.807, 2.05) is 26.0 Å². The maximum Gasteiger partial charge on any atom is 0.177 e. The number of carbonyl (C=O) groups excluding carboxylic acids is 1. The zero-order chi connectivity index (χ0) is 16.8. The summed E-state index contributed by atoms with van der Waals surface area (Å²) >= 11 is 0. The highest BCUT2D eigenvalue weighted by atomic mass is 16.5. The molecular formula is C19H30N2O2. The van der Waals surface area contributed by atoms with Crippen molar-refractivity contribution in [2.24, 2.45) is 0 Å². The second-order valence-corrected chi connectivity index (χ2v) is 6.41. The Morgan fingerprint density at radius 1 is 1.04 bits per heavy atom. The lowest BCUT2D eigenvalue weighted by Crippen LogP contribution is -2.47. The van der Waals surface area contributed by atoms with E-state index in [4.69, 9.17) is 4.74 Å². The van der Waals surface area contributed by atoms with Crippen molar-refractivity contribution in [1.29, 1.82) is 0 Å². The molecule has 0 unspecified atom stereocenters. The van der Waals surface area contributed by atoms with E-state index in [9.17, 15) is 4.79 Å². The smallest absolute Gasteiger partial charge is 0.177 e. The van der Waals surface area contributed by atoms with Crippen molar-refractivity contribution in [2.45, 2.75) is 34.1 Å². The summed E-state index contributed by atoms with van der Waals surface area (Å²) in [6.45, 7) is 14.7. The Hall–Kier alpha value is -1.39. The number of ether oxygens (including phenoxy) is 1. The van der Waals surface area contributed by atoms with E-state index in [0.717, 1.165) is 68.2 Å². The topological polar surface area (TPSA) is 32.8 Å². The van der Waals surface area contributed by atoms with Crippen LogP contribution in [0.3, 0.4) is 0 Å². The molecule has 0 amide bonds. The Morgan fingerprint density at radius 3 is 2.30 bits per heavy atom. The van der Waals surface area contributed by atoms with Crippen LogP contribution in [0, 0.1) is 13.8 Å². The third-order valence-corrected chi connectivity index (χ3v) is 4.56. The van der Waals surface area contributed by atoms with Crippen LogP contribution in [-0.4, -0.2) is 61.5 Å². The molecule has 1 saturated heterocycles. The zero-order valence-corrected chi connectivity index (χ0v) is 15.0. The number of carbonyl (C=O) groups is 1. The first-order valence-electron chi connectivity index (χ1n) is 8.77. The van der Waals surface area contributed by atoms with Crippen LogP contribution in [0.2, 0.25) is 0 Å². The van der Waals surface area contributed by atoms with Crippen molar-refractivity contribution in [3.05, 3.63) is 28.8 Å². The molecule has 0 bridgehead atoms. The molecule has 128 valence electrons. The highest BCUT2D eigenvalue weighted by Crippen LogP contribution is 2.23. The van der Waals surface area contributed by atoms with Crippen molar-refractivity contribution >= 4 is 5.78 Å². The van der Waals surface area contributed by atoms with Gasteiger partial charge in [-0.2, -0.15) is 0 Å². The molecular weight excluding hydrogens is 288 g/mol. The minimum Gasteiger partial charge on any atom is -0.493 e. The molecule has 2 rings (SSSR count). The van der Waals surface area contributed by atoms with Gasteiger partial charge in [0, 0.05) is 31.7 Å². The molecule has 23 heavy (non-hydrogen) atoms. The number of nitrogens with zero attached hydrogens (tertiary/aromatic N) is 2. The number of aryl methyl sites for hydroxylation is 2. The first-order valence-corrected chi connectivity index (χ1v) is 8.77. The van der Waals surface area contributed by atoms with Crippen LogP contribution >= 0.6 is 0 Å². The fraction of sp³-hybridized carbons (Fsp3) is 0.632. The van der Waals surface area contributed by atoms with Crippen LogP contribution in [0.4, 0.5) is 0 Å². The average molecular weight is 318 g/mol. The van der Waals surface area contributed by atoms with E-state index in [2.05, 4.69) is 23.6 Å². The van der Waals surface area contributed by atoms with Crippen LogP contribution in [-0.2, 0) is 0 Å². The van der Waals surface area contributed by atoms with Gasteiger partial charge in [-0.3, -0.25) is 9.69 Å². The summed E-state index contributed by atoms with van der Waals surface area (Å²) < 4.78 is 5.75. The molecule has 1 aromatic rings. The number of hydrogen-bond donors (Lipinski definition) is 0. The monoisotopic (exact) mass is 318 g/mol. The summed E-state index contributed by atoms with van der Waals surface area (Å²) in [5.41, 5.74) is 2.89. The van der Waals surface area contributed by atoms with Gasteiger partial charge in [0.25, 0.3) is 0 Å². The summed E-state index contributed by atoms with van der Waals surface area (Å²) in [7, 11) is 0. The van der Waals surface area contributed by atoms with Crippen LogP contribution < -0.4 is 4.74 Å². The Morgan fingerprint density at radius 2 is 1.70 bits per heavy atom. The molecule has 4 nitrogen and oxygen atoms in total. The van der Waals surface area contributed by atoms with Crippen molar-refractivity contribution in [3.63, 3.8) is 0 Å². The predicted molar refractivity (Wildman–Crippen MR) is 94.6 cm³/mol. The van der Waals surface area contributed by atoms with Gasteiger partial charge in [0.05, 0.1) is 13.2 Å². The average Bonchev–Trinajstić information content (AvgIpc) is 2.55. The second kappa shape index (κ2) is 8.46. The third-order valence-electron chi connectivity index (χ3n) is 4.56. The SMILES string of the molecule is CCCOc1cc(C)c(C(=O)CN2CCN(CC)CC2)cc1C. The molecule has 0 saturated carbocycles. The summed E-state index contributed by atoms with van der Waals surface area (Å²) in [6.07, 6.45) is 0.989. The highest BCUT2D eigenvalue weighted by molar-refractivity contribution is 5.99. The van der Waals surface area contributed by atoms with Gasteiger partial charge in [0.2, 0.25) is 0 Å². The fourth-order valence-corrected chi connectivity index (χ4v) is 3.01. The van der Waals surface area contributed by atoms with Crippen molar-refractivity contribution < 1.29 is 9.53 Å². The minimum atomic E-state index is 0.220. The fourth-order valence-electron chi connectivity index (χ4n) is 3.01. The normalized spacial score (nSPS) is 16.5. The molecule has 1 aliphatic rings. The quantitative estimate of drug-likeness (QED) is 0.724. The zero-order valence-electron chi connectivity index (χ0n) is 15.0. The summed E-state index contributed by atoms with van der Waals surface area (Å²) in [6, 6.07) is 4.00. The summed E-state index contributed by atoms with van der Waals surface area (Å²) in [5, 5.41) is 0. The van der Waals surface area contributed by atoms with E-state index in [1.165, 1.54) is 0 Å². The van der Waals surface area contributed by atoms with Crippen LogP contribution in [0.1, 0.15) is 41.8 Å². The van der Waals surface area contributed by atoms with Gasteiger partial charge < -0.3 is 9.64 Å². The van der Waals surface area contributed by atoms with E-state index >= 15 is 0 Å². The molecule has 0 aromatic heterocycles. The highest BCUT2D eigenvalue weighted by Gasteiger charge is 2.20. The predicted octanol–water partition coefficient (Wildman–Crippen LogP) is 2.91. The van der Waals surface area contributed by atoms with Crippen LogP contribution in [0.25, 0.3) is 0 Å². The van der Waals surface area contributed by atoms with Gasteiger partial charge in [-0.05, 0) is 50.1 Å². The van der Waals surface area contributed by atoms with E-state index < -0.39 is 0 Å². The van der Waals surface area contributed by atoms with Gasteiger partial charge in [0.1, 0.15) is 5.75 Å².